The van der Waals surface area contributed by atoms with Crippen molar-refractivity contribution in [2.45, 2.75) is 6.54 Å². The number of halogens is 1. The number of rotatable bonds is 3. The van der Waals surface area contributed by atoms with Crippen molar-refractivity contribution < 1.29 is 9.90 Å². The molecular weight excluding hydrogens is 256 g/mol. The van der Waals surface area contributed by atoms with Gasteiger partial charge in [-0.3, -0.25) is 4.79 Å². The van der Waals surface area contributed by atoms with Crippen LogP contribution in [0.2, 0.25) is 5.02 Å². The van der Waals surface area contributed by atoms with Gasteiger partial charge in [-0.25, -0.2) is 4.79 Å². The minimum Gasteiger partial charge on any atom is -0.477 e. The third-order valence-electron chi connectivity index (χ3n) is 2.36. The standard InChI is InChI=1S/C12H9ClN2O3/c13-9-3-1-8(2-4-9)5-15-6-10(12(17)18)11(16)14-7-15/h1-4,6-7H,5H2,(H,17,18). The van der Waals surface area contributed by atoms with E-state index in [2.05, 4.69) is 4.98 Å². The van der Waals surface area contributed by atoms with Crippen molar-refractivity contribution in [1.82, 2.24) is 9.55 Å². The zero-order chi connectivity index (χ0) is 13.1. The second kappa shape index (κ2) is 5.01. The Morgan fingerprint density at radius 1 is 1.33 bits per heavy atom. The van der Waals surface area contributed by atoms with Crippen LogP contribution in [0.25, 0.3) is 0 Å². The Bertz CT molecular complexity index is 635. The fraction of sp³-hybridized carbons (Fsp3) is 0.0833. The van der Waals surface area contributed by atoms with Gasteiger partial charge in [0, 0.05) is 17.8 Å². The molecule has 1 aromatic heterocycles. The zero-order valence-electron chi connectivity index (χ0n) is 9.21. The fourth-order valence-corrected chi connectivity index (χ4v) is 1.61. The first-order valence-corrected chi connectivity index (χ1v) is 5.48. The molecule has 0 unspecified atom stereocenters. The van der Waals surface area contributed by atoms with Crippen molar-refractivity contribution in [1.29, 1.82) is 0 Å². The highest BCUT2D eigenvalue weighted by Gasteiger charge is 2.09. The van der Waals surface area contributed by atoms with Gasteiger partial charge in [-0.05, 0) is 17.7 Å². The summed E-state index contributed by atoms with van der Waals surface area (Å²) in [6.45, 7) is 0.421. The summed E-state index contributed by atoms with van der Waals surface area (Å²) in [7, 11) is 0. The van der Waals surface area contributed by atoms with Crippen molar-refractivity contribution in [3.8, 4) is 0 Å². The summed E-state index contributed by atoms with van der Waals surface area (Å²) in [5.41, 5.74) is -0.150. The van der Waals surface area contributed by atoms with E-state index in [0.29, 0.717) is 11.6 Å². The number of carbonyl (C=O) groups is 1. The van der Waals surface area contributed by atoms with E-state index < -0.39 is 11.5 Å². The smallest absolute Gasteiger partial charge is 0.342 e. The Morgan fingerprint density at radius 2 is 2.00 bits per heavy atom. The summed E-state index contributed by atoms with van der Waals surface area (Å²) in [4.78, 5) is 25.5. The molecule has 5 nitrogen and oxygen atoms in total. The lowest BCUT2D eigenvalue weighted by Crippen LogP contribution is -2.20. The number of carboxylic acids is 1. The zero-order valence-corrected chi connectivity index (χ0v) is 9.96. The lowest BCUT2D eigenvalue weighted by Gasteiger charge is -2.06. The van der Waals surface area contributed by atoms with Gasteiger partial charge in [-0.1, -0.05) is 23.7 Å². The van der Waals surface area contributed by atoms with Crippen LogP contribution in [0, 0.1) is 0 Å². The van der Waals surface area contributed by atoms with Gasteiger partial charge in [0.05, 0.1) is 6.33 Å². The maximum Gasteiger partial charge on any atom is 0.342 e. The third-order valence-corrected chi connectivity index (χ3v) is 2.61. The molecule has 0 radical (unpaired) electrons. The first kappa shape index (κ1) is 12.3. The van der Waals surface area contributed by atoms with Crippen LogP contribution in [0.1, 0.15) is 15.9 Å². The van der Waals surface area contributed by atoms with E-state index >= 15 is 0 Å². The van der Waals surface area contributed by atoms with Crippen LogP contribution in [-0.4, -0.2) is 20.6 Å². The van der Waals surface area contributed by atoms with Crippen molar-refractivity contribution >= 4 is 17.6 Å². The van der Waals surface area contributed by atoms with E-state index in [-0.39, 0.29) is 5.56 Å². The molecule has 2 rings (SSSR count). The van der Waals surface area contributed by atoms with E-state index in [1.807, 2.05) is 12.1 Å². The molecule has 0 aliphatic heterocycles. The predicted molar refractivity (Wildman–Crippen MR) is 66.0 cm³/mol. The normalized spacial score (nSPS) is 10.3. The van der Waals surface area contributed by atoms with Gasteiger partial charge >= 0.3 is 5.97 Å². The molecule has 92 valence electrons. The van der Waals surface area contributed by atoms with E-state index in [1.165, 1.54) is 17.1 Å². The molecule has 0 aliphatic carbocycles. The molecule has 2 aromatic rings. The van der Waals surface area contributed by atoms with Crippen molar-refractivity contribution in [2.75, 3.05) is 0 Å². The third kappa shape index (κ3) is 2.75. The molecule has 6 heteroatoms. The van der Waals surface area contributed by atoms with Gasteiger partial charge < -0.3 is 9.67 Å². The monoisotopic (exact) mass is 264 g/mol. The van der Waals surface area contributed by atoms with Gasteiger partial charge in [0.1, 0.15) is 5.56 Å². The highest BCUT2D eigenvalue weighted by atomic mass is 35.5. The lowest BCUT2D eigenvalue weighted by molar-refractivity contribution is 0.0694. The molecule has 18 heavy (non-hydrogen) atoms. The first-order chi connectivity index (χ1) is 8.56. The number of carboxylic acid groups (broad SMARTS) is 1. The lowest BCUT2D eigenvalue weighted by atomic mass is 10.2. The minimum atomic E-state index is -1.28. The van der Waals surface area contributed by atoms with Crippen molar-refractivity contribution in [2.24, 2.45) is 0 Å². The van der Waals surface area contributed by atoms with Crippen molar-refractivity contribution in [3.05, 3.63) is 63.3 Å². The molecule has 0 spiro atoms. The van der Waals surface area contributed by atoms with Gasteiger partial charge in [0.15, 0.2) is 0 Å². The second-order valence-electron chi connectivity index (χ2n) is 3.70. The number of aromatic carboxylic acids is 1. The maximum absolute atomic E-state index is 11.2. The molecule has 0 saturated heterocycles. The Balaban J connectivity index is 2.30. The van der Waals surface area contributed by atoms with Crippen LogP contribution in [0.4, 0.5) is 0 Å². The Kier molecular flexibility index (Phi) is 3.43. The van der Waals surface area contributed by atoms with Crippen molar-refractivity contribution in [3.63, 3.8) is 0 Å². The highest BCUT2D eigenvalue weighted by molar-refractivity contribution is 6.30. The van der Waals surface area contributed by atoms with Crippen LogP contribution < -0.4 is 5.56 Å². The molecular formula is C12H9ClN2O3. The number of nitrogens with zero attached hydrogens (tertiary/aromatic N) is 2. The predicted octanol–water partition coefficient (Wildman–Crippen LogP) is 1.64. The largest absolute Gasteiger partial charge is 0.477 e. The molecule has 0 saturated carbocycles. The Labute approximate surface area is 107 Å². The van der Waals surface area contributed by atoms with Crippen LogP contribution in [0.3, 0.4) is 0 Å². The van der Waals surface area contributed by atoms with E-state index in [9.17, 15) is 9.59 Å². The Morgan fingerprint density at radius 3 is 2.61 bits per heavy atom. The summed E-state index contributed by atoms with van der Waals surface area (Å²) in [5, 5.41) is 9.45. The van der Waals surface area contributed by atoms with Gasteiger partial charge in [0.2, 0.25) is 0 Å². The molecule has 1 N–H and O–H groups in total. The van der Waals surface area contributed by atoms with Crippen LogP contribution in [0.15, 0.2) is 41.6 Å². The number of aromatic nitrogens is 2. The summed E-state index contributed by atoms with van der Waals surface area (Å²) >= 11 is 5.76. The van der Waals surface area contributed by atoms with Gasteiger partial charge in [-0.2, -0.15) is 4.98 Å². The number of hydrogen-bond donors (Lipinski definition) is 1. The average Bonchev–Trinajstić information content (AvgIpc) is 2.34. The van der Waals surface area contributed by atoms with E-state index in [0.717, 1.165) is 5.56 Å². The van der Waals surface area contributed by atoms with E-state index in [4.69, 9.17) is 16.7 Å². The van der Waals surface area contributed by atoms with Crippen LogP contribution >= 0.6 is 11.6 Å². The van der Waals surface area contributed by atoms with E-state index in [1.54, 1.807) is 12.1 Å². The summed E-state index contributed by atoms with van der Waals surface area (Å²) < 4.78 is 1.54. The average molecular weight is 265 g/mol. The minimum absolute atomic E-state index is 0.341. The van der Waals surface area contributed by atoms with Gasteiger partial charge in [-0.15, -0.1) is 0 Å². The SMILES string of the molecule is O=C(O)c1cn(Cc2ccc(Cl)cc2)cnc1=O. The first-order valence-electron chi connectivity index (χ1n) is 5.10. The summed E-state index contributed by atoms with van der Waals surface area (Å²) in [5.74, 6) is -1.28. The molecule has 1 heterocycles. The molecule has 0 aliphatic rings. The molecule has 0 bridgehead atoms. The van der Waals surface area contributed by atoms with Gasteiger partial charge in [0.25, 0.3) is 5.56 Å². The molecule has 0 amide bonds. The highest BCUT2D eigenvalue weighted by Crippen LogP contribution is 2.10. The number of hydrogen-bond acceptors (Lipinski definition) is 3. The summed E-state index contributed by atoms with van der Waals surface area (Å²) in [6.07, 6.45) is 2.58. The maximum atomic E-state index is 11.2. The second-order valence-corrected chi connectivity index (χ2v) is 4.13. The molecule has 0 atom stereocenters. The quantitative estimate of drug-likeness (QED) is 0.915. The Hall–Kier alpha value is -2.14. The molecule has 1 aromatic carbocycles. The summed E-state index contributed by atoms with van der Waals surface area (Å²) in [6, 6.07) is 7.12. The fourth-order valence-electron chi connectivity index (χ4n) is 1.48. The topological polar surface area (TPSA) is 72.2 Å². The van der Waals surface area contributed by atoms with Crippen LogP contribution in [0.5, 0.6) is 0 Å². The van der Waals surface area contributed by atoms with Crippen LogP contribution in [-0.2, 0) is 6.54 Å². The number of benzene rings is 1. The molecule has 0 fully saturated rings.